The van der Waals surface area contributed by atoms with Gasteiger partial charge in [0.15, 0.2) is 5.13 Å². The molecule has 1 aliphatic rings. The van der Waals surface area contributed by atoms with E-state index >= 15 is 0 Å². The van der Waals surface area contributed by atoms with Crippen molar-refractivity contribution < 1.29 is 4.39 Å². The van der Waals surface area contributed by atoms with E-state index in [2.05, 4.69) is 22.6 Å². The van der Waals surface area contributed by atoms with Gasteiger partial charge in [-0.05, 0) is 0 Å². The first-order valence-electron chi connectivity index (χ1n) is 2.90. The summed E-state index contributed by atoms with van der Waals surface area (Å²) in [5, 5.41) is -1.42. The lowest BCUT2D eigenvalue weighted by molar-refractivity contribution is 0.353. The van der Waals surface area contributed by atoms with Crippen LogP contribution in [0.3, 0.4) is 0 Å². The minimum atomic E-state index is -1.42. The average molecular weight is 262 g/mol. The smallest absolute Gasteiger partial charge is 0.193 e. The summed E-state index contributed by atoms with van der Waals surface area (Å²) in [5.41, 5.74) is -0.269. The Morgan fingerprint density at radius 1 is 1.78 bits per heavy atom. The van der Waals surface area contributed by atoms with Crippen LogP contribution in [0, 0.1) is 11.3 Å². The van der Waals surface area contributed by atoms with Gasteiger partial charge < -0.3 is 0 Å². The number of halogens is 3. The molecule has 1 saturated carbocycles. The third-order valence-corrected chi connectivity index (χ3v) is 4.80. The molecule has 0 spiro atoms. The molecule has 0 nitrogen and oxygen atoms in total. The van der Waals surface area contributed by atoms with Gasteiger partial charge in [-0.3, -0.25) is 0 Å². The van der Waals surface area contributed by atoms with Crippen LogP contribution in [0.2, 0.25) is 0 Å². The summed E-state index contributed by atoms with van der Waals surface area (Å²) in [5.74, 6) is 0.0172. The van der Waals surface area contributed by atoms with E-state index in [0.717, 1.165) is 4.43 Å². The van der Waals surface area contributed by atoms with Gasteiger partial charge in [-0.15, -0.1) is 0 Å². The number of alkyl halides is 3. The summed E-state index contributed by atoms with van der Waals surface area (Å²) in [6.45, 7) is 3.74. The van der Waals surface area contributed by atoms with Crippen LogP contribution in [0.5, 0.6) is 0 Å². The van der Waals surface area contributed by atoms with Gasteiger partial charge in [0.1, 0.15) is 0 Å². The second-order valence-corrected chi connectivity index (χ2v) is 4.21. The normalized spacial score (nSPS) is 57.7. The standard InChI is InChI=1S/C6H9ClFI/c1-4-5(2,3-9)6(4,7)8/h4H,3H2,1-2H3/t4-,5-,6+/m0/s1. The van der Waals surface area contributed by atoms with Crippen LogP contribution in [0.25, 0.3) is 0 Å². The highest BCUT2D eigenvalue weighted by Gasteiger charge is 2.72. The van der Waals surface area contributed by atoms with Crippen LogP contribution >= 0.6 is 34.2 Å². The van der Waals surface area contributed by atoms with Crippen LogP contribution in [0.15, 0.2) is 0 Å². The van der Waals surface area contributed by atoms with Gasteiger partial charge in [0.2, 0.25) is 0 Å². The van der Waals surface area contributed by atoms with Crippen LogP contribution in [-0.2, 0) is 0 Å². The molecular formula is C6H9ClFI. The Hall–Kier alpha value is 0.950. The molecule has 1 rings (SSSR count). The molecule has 0 aromatic heterocycles. The summed E-state index contributed by atoms with van der Waals surface area (Å²) in [7, 11) is 0. The van der Waals surface area contributed by atoms with E-state index in [0.29, 0.717) is 0 Å². The Kier molecular flexibility index (Phi) is 1.76. The molecule has 0 saturated heterocycles. The molecule has 1 fully saturated rings. The molecule has 0 aromatic rings. The first-order chi connectivity index (χ1) is 3.97. The maximum atomic E-state index is 13.0. The first kappa shape index (κ1) is 8.05. The quantitative estimate of drug-likeness (QED) is 0.503. The summed E-state index contributed by atoms with van der Waals surface area (Å²) >= 11 is 7.70. The van der Waals surface area contributed by atoms with E-state index in [1.54, 1.807) is 0 Å². The summed E-state index contributed by atoms with van der Waals surface area (Å²) < 4.78 is 13.8. The highest BCUT2D eigenvalue weighted by molar-refractivity contribution is 14.1. The first-order valence-corrected chi connectivity index (χ1v) is 4.81. The molecule has 0 amide bonds. The van der Waals surface area contributed by atoms with E-state index in [-0.39, 0.29) is 11.3 Å². The van der Waals surface area contributed by atoms with Crippen molar-refractivity contribution in [2.75, 3.05) is 4.43 Å². The molecule has 0 heterocycles. The van der Waals surface area contributed by atoms with E-state index in [9.17, 15) is 4.39 Å². The van der Waals surface area contributed by atoms with Gasteiger partial charge in [-0.25, -0.2) is 4.39 Å². The topological polar surface area (TPSA) is 0 Å². The molecule has 0 radical (unpaired) electrons. The zero-order valence-electron chi connectivity index (χ0n) is 5.42. The Labute approximate surface area is 73.3 Å². The second kappa shape index (κ2) is 1.97. The Bertz CT molecular complexity index is 137. The minimum absolute atomic E-state index is 0.0172. The van der Waals surface area contributed by atoms with Crippen molar-refractivity contribution >= 4 is 34.2 Å². The molecule has 3 atom stereocenters. The lowest BCUT2D eigenvalue weighted by atomic mass is 10.1. The Balaban J connectivity index is 2.70. The number of rotatable bonds is 1. The SMILES string of the molecule is C[C@@H]1[C@](F)(Cl)[C@@]1(C)CI. The van der Waals surface area contributed by atoms with Crippen molar-refractivity contribution in [1.82, 2.24) is 0 Å². The van der Waals surface area contributed by atoms with Crippen molar-refractivity contribution in [1.29, 1.82) is 0 Å². The average Bonchev–Trinajstić information content (AvgIpc) is 2.16. The molecule has 0 bridgehead atoms. The lowest BCUT2D eigenvalue weighted by Crippen LogP contribution is -2.05. The van der Waals surface area contributed by atoms with Crippen LogP contribution < -0.4 is 0 Å². The maximum Gasteiger partial charge on any atom is 0.193 e. The van der Waals surface area contributed by atoms with Crippen molar-refractivity contribution in [2.45, 2.75) is 19.0 Å². The molecular weight excluding hydrogens is 253 g/mol. The Morgan fingerprint density at radius 3 is 2.11 bits per heavy atom. The zero-order chi connectivity index (χ0) is 7.28. The molecule has 1 aliphatic carbocycles. The fourth-order valence-electron chi connectivity index (χ4n) is 1.01. The molecule has 0 aliphatic heterocycles. The molecule has 0 unspecified atom stereocenters. The van der Waals surface area contributed by atoms with Crippen LogP contribution in [0.4, 0.5) is 4.39 Å². The fraction of sp³-hybridized carbons (Fsp3) is 1.00. The van der Waals surface area contributed by atoms with Gasteiger partial charge >= 0.3 is 0 Å². The van der Waals surface area contributed by atoms with Gasteiger partial charge in [0.25, 0.3) is 0 Å². The monoisotopic (exact) mass is 262 g/mol. The molecule has 9 heavy (non-hydrogen) atoms. The fourth-order valence-corrected chi connectivity index (χ4v) is 2.87. The molecule has 0 aromatic carbocycles. The van der Waals surface area contributed by atoms with E-state index < -0.39 is 5.13 Å². The van der Waals surface area contributed by atoms with Crippen molar-refractivity contribution in [2.24, 2.45) is 11.3 Å². The number of hydrogen-bond donors (Lipinski definition) is 0. The predicted molar refractivity (Wildman–Crippen MR) is 45.9 cm³/mol. The van der Waals surface area contributed by atoms with E-state index in [1.165, 1.54) is 0 Å². The highest BCUT2D eigenvalue weighted by Crippen LogP contribution is 2.67. The Morgan fingerprint density at radius 2 is 2.11 bits per heavy atom. The van der Waals surface area contributed by atoms with Crippen molar-refractivity contribution in [3.8, 4) is 0 Å². The number of hydrogen-bond acceptors (Lipinski definition) is 0. The van der Waals surface area contributed by atoms with Crippen LogP contribution in [-0.4, -0.2) is 9.56 Å². The van der Waals surface area contributed by atoms with Crippen molar-refractivity contribution in [3.63, 3.8) is 0 Å². The van der Waals surface area contributed by atoms with Gasteiger partial charge in [0, 0.05) is 15.8 Å². The van der Waals surface area contributed by atoms with Crippen LogP contribution in [0.1, 0.15) is 13.8 Å². The van der Waals surface area contributed by atoms with Gasteiger partial charge in [0.05, 0.1) is 0 Å². The molecule has 54 valence electrons. The van der Waals surface area contributed by atoms with Crippen molar-refractivity contribution in [3.05, 3.63) is 0 Å². The summed E-state index contributed by atoms with van der Waals surface area (Å²) in [6.07, 6.45) is 0. The van der Waals surface area contributed by atoms with E-state index in [4.69, 9.17) is 11.6 Å². The molecule has 0 N–H and O–H groups in total. The highest BCUT2D eigenvalue weighted by atomic mass is 127. The summed E-state index contributed by atoms with van der Waals surface area (Å²) in [4.78, 5) is 0. The third kappa shape index (κ3) is 0.821. The van der Waals surface area contributed by atoms with Gasteiger partial charge in [-0.1, -0.05) is 48.0 Å². The maximum absolute atomic E-state index is 13.0. The minimum Gasteiger partial charge on any atom is -0.225 e. The predicted octanol–water partition coefficient (Wildman–Crippen LogP) is 2.98. The molecule has 3 heteroatoms. The second-order valence-electron chi connectivity index (χ2n) is 2.90. The summed E-state index contributed by atoms with van der Waals surface area (Å²) in [6, 6.07) is 0. The lowest BCUT2D eigenvalue weighted by Gasteiger charge is -2.03. The largest absolute Gasteiger partial charge is 0.225 e. The zero-order valence-corrected chi connectivity index (χ0v) is 8.33. The third-order valence-electron chi connectivity index (χ3n) is 2.46. The van der Waals surface area contributed by atoms with E-state index in [1.807, 2.05) is 13.8 Å². The van der Waals surface area contributed by atoms with Gasteiger partial charge in [-0.2, -0.15) is 0 Å².